The monoisotopic (exact) mass is 961 g/mol. The zero-order chi connectivity index (χ0) is 45.6. The highest BCUT2D eigenvalue weighted by atomic mass is 33.1. The van der Waals surface area contributed by atoms with Gasteiger partial charge >= 0.3 is 0 Å². The van der Waals surface area contributed by atoms with Crippen molar-refractivity contribution >= 4 is 61.4 Å². The van der Waals surface area contributed by atoms with E-state index in [1.165, 1.54) is 32.2 Å². The molecule has 0 aromatic rings. The van der Waals surface area contributed by atoms with Crippen LogP contribution < -0.4 is 32.1 Å². The van der Waals surface area contributed by atoms with Crippen molar-refractivity contribution in [1.82, 2.24) is 46.8 Å². The number of carbonyl (C=O) groups is 2. The molecule has 0 saturated heterocycles. The predicted octanol–water partition coefficient (Wildman–Crippen LogP) is 3.15. The molecule has 0 aromatic carbocycles. The van der Waals surface area contributed by atoms with E-state index in [4.69, 9.17) is 19.6 Å². The Labute approximate surface area is 392 Å². The van der Waals surface area contributed by atoms with Crippen LogP contribution in [-0.4, -0.2) is 220 Å². The van der Waals surface area contributed by atoms with Gasteiger partial charge in [-0.1, -0.05) is 43.2 Å². The molecule has 0 fully saturated rings. The molecule has 17 nitrogen and oxygen atoms in total. The third kappa shape index (κ3) is 45.9. The molecule has 368 valence electrons. The molecule has 62 heavy (non-hydrogen) atoms. The lowest BCUT2D eigenvalue weighted by atomic mass is 10.2. The van der Waals surface area contributed by atoms with E-state index < -0.39 is 0 Å². The summed E-state index contributed by atoms with van der Waals surface area (Å²) in [6.07, 6.45) is 9.85. The van der Waals surface area contributed by atoms with Crippen LogP contribution >= 0.6 is 43.2 Å². The quantitative estimate of drug-likeness (QED) is 0.0118. The summed E-state index contributed by atoms with van der Waals surface area (Å²) in [7, 11) is 17.3. The Kier molecular flexibility index (Phi) is 47.8. The Bertz CT molecular complexity index is 1030. The topological polar surface area (TPSA) is 186 Å². The second kappa shape index (κ2) is 48.3. The molecule has 0 spiro atoms. The number of amides is 2. The van der Waals surface area contributed by atoms with Gasteiger partial charge in [-0.15, -0.1) is 0 Å². The number of nitrogens with zero attached hydrogens (tertiary/aromatic N) is 4. The SMILES string of the molecule is CNCCCN(C)CCCCN(C)CCCNOCCSSCCC(=O)NCCC(C)NCCC(CN(C)CCCNC)OCC(=O)NCCSSCCN=COCCCOO. The molecule has 7 N–H and O–H groups in total. The zero-order valence-corrected chi connectivity index (χ0v) is 42.5. The van der Waals surface area contributed by atoms with Crippen molar-refractivity contribution in [3.8, 4) is 0 Å². The number of unbranched alkanes of at least 4 members (excludes halogenated alkanes) is 1. The molecule has 0 heterocycles. The summed E-state index contributed by atoms with van der Waals surface area (Å²) in [5.74, 6) is 3.26. The van der Waals surface area contributed by atoms with Crippen LogP contribution in [0.25, 0.3) is 0 Å². The van der Waals surface area contributed by atoms with Gasteiger partial charge in [0.2, 0.25) is 11.8 Å². The Hall–Kier alpha value is -0.630. The Morgan fingerprint density at radius 2 is 1.31 bits per heavy atom. The van der Waals surface area contributed by atoms with Crippen LogP contribution in [0.15, 0.2) is 4.99 Å². The summed E-state index contributed by atoms with van der Waals surface area (Å²) in [5.41, 5.74) is 3.09. The molecule has 0 aliphatic rings. The normalized spacial score (nSPS) is 12.9. The maximum Gasteiger partial charge on any atom is 0.246 e. The van der Waals surface area contributed by atoms with E-state index in [0.717, 1.165) is 108 Å². The number of hydroxylamine groups is 1. The molecular weight excluding hydrogens is 873 g/mol. The third-order valence-electron chi connectivity index (χ3n) is 9.31. The van der Waals surface area contributed by atoms with E-state index in [0.29, 0.717) is 45.7 Å². The lowest BCUT2D eigenvalue weighted by Crippen LogP contribution is -2.39. The molecule has 21 heteroatoms. The zero-order valence-electron chi connectivity index (χ0n) is 39.3. The average Bonchev–Trinajstić information content (AvgIpc) is 3.25. The number of likely N-dealkylation sites (N-methyl/N-ethyl adjacent to an activating group) is 1. The van der Waals surface area contributed by atoms with Crippen molar-refractivity contribution < 1.29 is 34.0 Å². The van der Waals surface area contributed by atoms with Crippen molar-refractivity contribution in [3.05, 3.63) is 0 Å². The Morgan fingerprint density at radius 3 is 2.02 bits per heavy atom. The fourth-order valence-electron chi connectivity index (χ4n) is 5.76. The smallest absolute Gasteiger partial charge is 0.246 e. The van der Waals surface area contributed by atoms with Crippen molar-refractivity contribution in [1.29, 1.82) is 0 Å². The van der Waals surface area contributed by atoms with E-state index in [1.54, 1.807) is 43.2 Å². The summed E-state index contributed by atoms with van der Waals surface area (Å²) in [6, 6.07) is 0.237. The first-order chi connectivity index (χ1) is 30.2. The van der Waals surface area contributed by atoms with Crippen LogP contribution in [0.4, 0.5) is 0 Å². The molecule has 0 saturated carbocycles. The molecule has 2 atom stereocenters. The van der Waals surface area contributed by atoms with E-state index in [-0.39, 0.29) is 37.2 Å². The summed E-state index contributed by atoms with van der Waals surface area (Å²) in [5, 5.41) is 24.3. The Morgan fingerprint density at radius 1 is 0.677 bits per heavy atom. The maximum absolute atomic E-state index is 12.5. The number of hydrogen-bond donors (Lipinski definition) is 7. The summed E-state index contributed by atoms with van der Waals surface area (Å²) < 4.78 is 11.3. The van der Waals surface area contributed by atoms with Gasteiger partial charge in [-0.05, 0) is 139 Å². The minimum absolute atomic E-state index is 0.0326. The number of hydrogen-bond acceptors (Lipinski definition) is 19. The predicted molar refractivity (Wildman–Crippen MR) is 267 cm³/mol. The van der Waals surface area contributed by atoms with Crippen molar-refractivity contribution in [2.45, 2.75) is 76.9 Å². The van der Waals surface area contributed by atoms with E-state index in [1.807, 2.05) is 14.1 Å². The number of ether oxygens (including phenoxy) is 2. The molecular formula is C41H88N10O7S4. The van der Waals surface area contributed by atoms with Gasteiger partial charge in [0.15, 0.2) is 6.40 Å². The molecule has 0 aliphatic carbocycles. The van der Waals surface area contributed by atoms with Gasteiger partial charge in [0.25, 0.3) is 0 Å². The number of nitrogens with one attached hydrogen (secondary N) is 6. The minimum atomic E-state index is -0.107. The number of carbonyl (C=O) groups excluding carboxylic acids is 2. The highest BCUT2D eigenvalue weighted by Crippen LogP contribution is 2.21. The van der Waals surface area contributed by atoms with Gasteiger partial charge in [-0.2, -0.15) is 0 Å². The minimum Gasteiger partial charge on any atom is -0.483 e. The van der Waals surface area contributed by atoms with Crippen molar-refractivity contribution in [2.24, 2.45) is 4.99 Å². The molecule has 0 rings (SSSR count). The van der Waals surface area contributed by atoms with Crippen LogP contribution in [0, 0.1) is 0 Å². The van der Waals surface area contributed by atoms with Gasteiger partial charge in [-0.25, -0.2) is 10.4 Å². The standard InChI is InChI=1S/C41H88N10O7S4/c1-38(13-19-46-40(52)15-31-59-62-34-30-57-48-18-11-26-50(5)24-8-7-23-49(4)25-9-16-42-2)45-20-14-39(35-51(6)27-10-17-43-3)56-36-41(53)47-22-33-61-60-32-21-44-37-55-28-12-29-58-54/h37-39,42-43,45,48,54H,7-36H2,1-6H3,(H,46,52)(H,47,53). The lowest BCUT2D eigenvalue weighted by Gasteiger charge is -2.25. The third-order valence-corrected chi connectivity index (χ3v) is 14.1. The van der Waals surface area contributed by atoms with Gasteiger partial charge in [0.05, 0.1) is 32.5 Å². The van der Waals surface area contributed by atoms with Crippen molar-refractivity contribution in [2.75, 3.05) is 170 Å². The molecule has 0 aromatic heterocycles. The fourth-order valence-corrected chi connectivity index (χ4v) is 9.36. The second-order valence-corrected chi connectivity index (χ2v) is 20.7. The molecule has 0 bridgehead atoms. The van der Waals surface area contributed by atoms with Crippen LogP contribution in [0.2, 0.25) is 0 Å². The van der Waals surface area contributed by atoms with Crippen LogP contribution in [0.1, 0.15) is 64.7 Å². The fraction of sp³-hybridized carbons (Fsp3) is 0.927. The van der Waals surface area contributed by atoms with Gasteiger partial charge < -0.3 is 55.6 Å². The van der Waals surface area contributed by atoms with Crippen molar-refractivity contribution in [3.63, 3.8) is 0 Å². The van der Waals surface area contributed by atoms with E-state index >= 15 is 0 Å². The van der Waals surface area contributed by atoms with E-state index in [9.17, 15) is 9.59 Å². The van der Waals surface area contributed by atoms with Gasteiger partial charge in [0.1, 0.15) is 6.61 Å². The highest BCUT2D eigenvalue weighted by molar-refractivity contribution is 8.77. The van der Waals surface area contributed by atoms with Crippen LogP contribution in [0.5, 0.6) is 0 Å². The number of aliphatic imine (C=N–C) groups is 1. The summed E-state index contributed by atoms with van der Waals surface area (Å²) in [6.45, 7) is 15.2. The van der Waals surface area contributed by atoms with Gasteiger partial charge in [0, 0.05) is 68.1 Å². The molecule has 0 aliphatic heterocycles. The summed E-state index contributed by atoms with van der Waals surface area (Å²) >= 11 is 0. The van der Waals surface area contributed by atoms with Crippen LogP contribution in [-0.2, 0) is 28.8 Å². The first kappa shape index (κ1) is 61.4. The largest absolute Gasteiger partial charge is 0.483 e. The van der Waals surface area contributed by atoms with Crippen LogP contribution in [0.3, 0.4) is 0 Å². The maximum atomic E-state index is 12.5. The Balaban J connectivity index is 4.00. The summed E-state index contributed by atoms with van der Waals surface area (Å²) in [4.78, 5) is 45.8. The average molecular weight is 961 g/mol. The molecule has 2 unspecified atom stereocenters. The first-order valence-corrected chi connectivity index (χ1v) is 27.6. The van der Waals surface area contributed by atoms with E-state index in [2.05, 4.69) is 84.7 Å². The molecule has 2 amide bonds. The highest BCUT2D eigenvalue weighted by Gasteiger charge is 2.15. The first-order valence-electron chi connectivity index (χ1n) is 22.6. The molecule has 0 radical (unpaired) electrons. The lowest BCUT2D eigenvalue weighted by molar-refractivity contribution is -0.243. The second-order valence-electron chi connectivity index (χ2n) is 15.3. The number of rotatable bonds is 49. The van der Waals surface area contributed by atoms with Gasteiger partial charge in [-0.3, -0.25) is 19.8 Å².